The number of hydrogen-bond acceptors (Lipinski definition) is 5. The van der Waals surface area contributed by atoms with Gasteiger partial charge in [-0.15, -0.1) is 0 Å². The number of nitrogens with one attached hydrogen (secondary N) is 1. The second kappa shape index (κ2) is 10.8. The highest BCUT2D eigenvalue weighted by Crippen LogP contribution is 2.47. The Kier molecular flexibility index (Phi) is 7.77. The quantitative estimate of drug-likeness (QED) is 0.382. The highest BCUT2D eigenvalue weighted by atomic mass is 16.5. The van der Waals surface area contributed by atoms with Crippen molar-refractivity contribution in [3.8, 4) is 11.5 Å². The summed E-state index contributed by atoms with van der Waals surface area (Å²) < 4.78 is 17.4. The molecule has 5 heteroatoms. The van der Waals surface area contributed by atoms with E-state index >= 15 is 0 Å². The van der Waals surface area contributed by atoms with Gasteiger partial charge in [-0.05, 0) is 61.4 Å². The van der Waals surface area contributed by atoms with Crippen LogP contribution in [-0.2, 0) is 11.2 Å². The van der Waals surface area contributed by atoms with Crippen molar-refractivity contribution < 1.29 is 19.3 Å². The molecule has 0 saturated heterocycles. The van der Waals surface area contributed by atoms with Crippen LogP contribution in [0.2, 0.25) is 0 Å². The second-order valence-corrected chi connectivity index (χ2v) is 9.95. The lowest BCUT2D eigenvalue weighted by Gasteiger charge is -2.29. The topological polar surface area (TPSA) is 60.0 Å². The molecule has 1 aliphatic carbocycles. The van der Waals surface area contributed by atoms with Gasteiger partial charge in [0.15, 0.2) is 11.5 Å². The van der Waals surface area contributed by atoms with Crippen LogP contribution in [0.3, 0.4) is 0 Å². The summed E-state index contributed by atoms with van der Waals surface area (Å²) in [6, 6.07) is 20.9. The number of benzene rings is 3. The first-order valence-electron chi connectivity index (χ1n) is 12.1. The highest BCUT2D eigenvalue weighted by molar-refractivity contribution is 5.83. The molecule has 0 amide bonds. The minimum Gasteiger partial charge on any atom is -0.493 e. The predicted octanol–water partition coefficient (Wildman–Crippen LogP) is 5.30. The van der Waals surface area contributed by atoms with E-state index in [4.69, 9.17) is 14.2 Å². The Morgan fingerprint density at radius 2 is 1.74 bits per heavy atom. The summed E-state index contributed by atoms with van der Waals surface area (Å²) in [6.07, 6.45) is 2.41. The summed E-state index contributed by atoms with van der Waals surface area (Å²) in [5, 5.41) is 16.7. The first-order chi connectivity index (χ1) is 16.4. The number of hydrogen-bond donors (Lipinski definition) is 2. The minimum atomic E-state index is -0.603. The molecule has 5 nitrogen and oxygen atoms in total. The zero-order valence-corrected chi connectivity index (χ0v) is 20.7. The molecule has 2 N–H and O–H groups in total. The van der Waals surface area contributed by atoms with Crippen molar-refractivity contribution in [2.75, 3.05) is 27.4 Å². The first-order valence-corrected chi connectivity index (χ1v) is 12.1. The van der Waals surface area contributed by atoms with Crippen molar-refractivity contribution in [3.05, 3.63) is 71.8 Å². The van der Waals surface area contributed by atoms with Gasteiger partial charge in [0.05, 0.1) is 33.0 Å². The third-order valence-electron chi connectivity index (χ3n) is 6.53. The normalized spacial score (nSPS) is 15.8. The molecule has 2 atom stereocenters. The molecule has 1 unspecified atom stereocenters. The third-order valence-corrected chi connectivity index (χ3v) is 6.53. The number of β-amino-alcohol motifs (C(OH)–C–C–N with tert-alkyl or cyclic N) is 1. The highest BCUT2D eigenvalue weighted by Gasteiger charge is 2.36. The molecule has 0 bridgehead atoms. The lowest BCUT2D eigenvalue weighted by molar-refractivity contribution is -0.0220. The van der Waals surface area contributed by atoms with Gasteiger partial charge in [-0.2, -0.15) is 0 Å². The van der Waals surface area contributed by atoms with Gasteiger partial charge in [-0.3, -0.25) is 0 Å². The summed E-state index contributed by atoms with van der Waals surface area (Å²) in [5.41, 5.74) is 2.11. The average molecular weight is 464 g/mol. The lowest BCUT2D eigenvalue weighted by Crippen LogP contribution is -2.46. The van der Waals surface area contributed by atoms with Crippen molar-refractivity contribution >= 4 is 10.8 Å². The molecule has 0 heterocycles. The molecular weight excluding hydrogens is 426 g/mol. The Labute approximate surface area is 203 Å². The van der Waals surface area contributed by atoms with Crippen molar-refractivity contribution in [2.24, 2.45) is 5.92 Å². The van der Waals surface area contributed by atoms with E-state index in [2.05, 4.69) is 61.6 Å². The number of methoxy groups -OCH3 is 2. The zero-order valence-electron chi connectivity index (χ0n) is 20.7. The van der Waals surface area contributed by atoms with E-state index < -0.39 is 6.10 Å². The Bertz CT molecular complexity index is 1090. The number of aliphatic hydroxyl groups excluding tert-OH is 1. The van der Waals surface area contributed by atoms with Crippen molar-refractivity contribution in [1.29, 1.82) is 0 Å². The van der Waals surface area contributed by atoms with Crippen molar-refractivity contribution in [1.82, 2.24) is 5.32 Å². The number of ether oxygens (including phenoxy) is 3. The van der Waals surface area contributed by atoms with E-state index in [1.165, 1.54) is 16.3 Å². The van der Waals surface area contributed by atoms with Crippen LogP contribution in [-0.4, -0.2) is 44.1 Å². The fraction of sp³-hybridized carbons (Fsp3) is 0.448. The molecule has 3 aromatic carbocycles. The van der Waals surface area contributed by atoms with E-state index in [0.29, 0.717) is 24.0 Å². The molecule has 0 spiro atoms. The van der Waals surface area contributed by atoms with Crippen LogP contribution < -0.4 is 14.8 Å². The molecule has 182 valence electrons. The summed E-state index contributed by atoms with van der Waals surface area (Å²) in [7, 11) is 3.30. The van der Waals surface area contributed by atoms with Crippen LogP contribution in [0.1, 0.15) is 43.9 Å². The maximum absolute atomic E-state index is 10.7. The molecule has 1 aliphatic rings. The van der Waals surface area contributed by atoms with Gasteiger partial charge in [0.1, 0.15) is 0 Å². The molecular formula is C29H37NO4. The van der Waals surface area contributed by atoms with Crippen LogP contribution in [0.4, 0.5) is 0 Å². The Balaban J connectivity index is 1.33. The van der Waals surface area contributed by atoms with Gasteiger partial charge in [0.25, 0.3) is 0 Å². The molecule has 0 aliphatic heterocycles. The molecule has 4 rings (SSSR count). The molecule has 0 aromatic heterocycles. The number of para-hydroxylation sites is 1. The summed E-state index contributed by atoms with van der Waals surface area (Å²) in [4.78, 5) is 0. The van der Waals surface area contributed by atoms with Crippen LogP contribution in [0.5, 0.6) is 11.5 Å². The van der Waals surface area contributed by atoms with Gasteiger partial charge >= 0.3 is 0 Å². The van der Waals surface area contributed by atoms with Crippen molar-refractivity contribution in [3.63, 3.8) is 0 Å². The Morgan fingerprint density at radius 1 is 0.971 bits per heavy atom. The summed E-state index contributed by atoms with van der Waals surface area (Å²) in [5.74, 6) is 1.86. The van der Waals surface area contributed by atoms with E-state index in [1.54, 1.807) is 14.2 Å². The SMILES string of the molecule is COc1cccc(C(OC[C@H](O)CNC(C)(C)Cc2ccc3ccccc3c2)C2CC2)c1OC. The summed E-state index contributed by atoms with van der Waals surface area (Å²) in [6.45, 7) is 5.07. The maximum Gasteiger partial charge on any atom is 0.166 e. The molecule has 0 radical (unpaired) electrons. The van der Waals surface area contributed by atoms with Crippen LogP contribution in [0.15, 0.2) is 60.7 Å². The monoisotopic (exact) mass is 463 g/mol. The van der Waals surface area contributed by atoms with Crippen LogP contribution in [0.25, 0.3) is 10.8 Å². The fourth-order valence-electron chi connectivity index (χ4n) is 4.60. The van der Waals surface area contributed by atoms with Gasteiger partial charge < -0.3 is 24.6 Å². The smallest absolute Gasteiger partial charge is 0.166 e. The molecule has 34 heavy (non-hydrogen) atoms. The average Bonchev–Trinajstić information content (AvgIpc) is 3.67. The Hall–Kier alpha value is -2.60. The van der Waals surface area contributed by atoms with Crippen molar-refractivity contribution in [2.45, 2.75) is 50.9 Å². The minimum absolute atomic E-state index is 0.106. The molecule has 1 fully saturated rings. The van der Waals surface area contributed by atoms with E-state index in [1.807, 2.05) is 18.2 Å². The van der Waals surface area contributed by atoms with E-state index in [9.17, 15) is 5.11 Å². The standard InChI is InChI=1S/C29H37NO4/c1-29(2,17-20-12-13-21-8-5-6-9-23(21)16-20)30-18-24(31)19-34-27(22-14-15-22)25-10-7-11-26(32-3)28(25)33-4/h5-13,16,22,24,27,30-31H,14-15,17-19H2,1-4H3/t24-,27?/m1/s1. The zero-order chi connectivity index (χ0) is 24.1. The predicted molar refractivity (Wildman–Crippen MR) is 137 cm³/mol. The van der Waals surface area contributed by atoms with E-state index in [0.717, 1.165) is 24.8 Å². The fourth-order valence-corrected chi connectivity index (χ4v) is 4.60. The first kappa shape index (κ1) is 24.5. The number of rotatable bonds is 12. The number of fused-ring (bicyclic) bond motifs is 1. The largest absolute Gasteiger partial charge is 0.493 e. The summed E-state index contributed by atoms with van der Waals surface area (Å²) >= 11 is 0. The molecule has 3 aromatic rings. The van der Waals surface area contributed by atoms with Gasteiger partial charge in [-0.25, -0.2) is 0 Å². The number of aliphatic hydroxyl groups is 1. The second-order valence-electron chi connectivity index (χ2n) is 9.95. The van der Waals surface area contributed by atoms with Crippen LogP contribution in [0, 0.1) is 5.92 Å². The Morgan fingerprint density at radius 3 is 2.44 bits per heavy atom. The van der Waals surface area contributed by atoms with Gasteiger partial charge in [0.2, 0.25) is 0 Å². The van der Waals surface area contributed by atoms with E-state index in [-0.39, 0.29) is 18.2 Å². The van der Waals surface area contributed by atoms with Gasteiger partial charge in [-0.1, -0.05) is 54.6 Å². The lowest BCUT2D eigenvalue weighted by atomic mass is 9.93. The third kappa shape index (κ3) is 6.09. The maximum atomic E-state index is 10.7. The molecule has 1 saturated carbocycles. The van der Waals surface area contributed by atoms with Crippen LogP contribution >= 0.6 is 0 Å². The van der Waals surface area contributed by atoms with Gasteiger partial charge in [0, 0.05) is 17.6 Å².